The molecule has 0 fully saturated rings. The van der Waals surface area contributed by atoms with Gasteiger partial charge in [0.15, 0.2) is 5.78 Å². The molecular formula is C16H12Cl2N2O. The zero-order valence-corrected chi connectivity index (χ0v) is 12.6. The van der Waals surface area contributed by atoms with E-state index < -0.39 is 5.92 Å². The van der Waals surface area contributed by atoms with E-state index in [9.17, 15) is 10.1 Å². The lowest BCUT2D eigenvalue weighted by molar-refractivity contribution is -0.119. The predicted molar refractivity (Wildman–Crippen MR) is 82.4 cm³/mol. The Balaban J connectivity index is 2.04. The van der Waals surface area contributed by atoms with Gasteiger partial charge in [-0.1, -0.05) is 35.3 Å². The highest BCUT2D eigenvalue weighted by Gasteiger charge is 2.20. The molecule has 0 saturated carbocycles. The highest BCUT2D eigenvalue weighted by molar-refractivity contribution is 6.42. The number of rotatable bonds is 5. The minimum absolute atomic E-state index is 0.151. The molecule has 106 valence electrons. The van der Waals surface area contributed by atoms with Crippen LogP contribution in [0.3, 0.4) is 0 Å². The summed E-state index contributed by atoms with van der Waals surface area (Å²) in [5.74, 6) is -0.976. The summed E-state index contributed by atoms with van der Waals surface area (Å²) < 4.78 is 0. The van der Waals surface area contributed by atoms with Gasteiger partial charge >= 0.3 is 0 Å². The maximum Gasteiger partial charge on any atom is 0.156 e. The van der Waals surface area contributed by atoms with E-state index in [2.05, 4.69) is 4.98 Å². The lowest BCUT2D eigenvalue weighted by Crippen LogP contribution is -2.13. The van der Waals surface area contributed by atoms with E-state index >= 15 is 0 Å². The average Bonchev–Trinajstić information content (AvgIpc) is 2.50. The number of benzene rings is 1. The van der Waals surface area contributed by atoms with Crippen LogP contribution >= 0.6 is 23.2 Å². The minimum atomic E-state index is -0.825. The van der Waals surface area contributed by atoms with Crippen LogP contribution in [0.15, 0.2) is 42.6 Å². The Morgan fingerprint density at radius 2 is 2.05 bits per heavy atom. The number of halogens is 2. The van der Waals surface area contributed by atoms with E-state index in [-0.39, 0.29) is 12.2 Å². The summed E-state index contributed by atoms with van der Waals surface area (Å²) >= 11 is 11.8. The third-order valence-corrected chi connectivity index (χ3v) is 3.82. The standard InChI is InChI=1S/C16H12Cl2N2O/c17-13-6-4-11(9-14(13)18)5-7-16(21)12(10-19)15-3-1-2-8-20-15/h1-4,6,8-9,12H,5,7H2. The molecule has 1 heterocycles. The van der Waals surface area contributed by atoms with Crippen molar-refractivity contribution in [2.75, 3.05) is 0 Å². The molecule has 0 amide bonds. The average molecular weight is 319 g/mol. The van der Waals surface area contributed by atoms with Gasteiger partial charge in [0.25, 0.3) is 0 Å². The topological polar surface area (TPSA) is 53.8 Å². The fourth-order valence-electron chi connectivity index (χ4n) is 1.96. The number of hydrogen-bond acceptors (Lipinski definition) is 3. The first-order valence-electron chi connectivity index (χ1n) is 6.39. The molecule has 1 aromatic carbocycles. The first-order chi connectivity index (χ1) is 10.1. The van der Waals surface area contributed by atoms with Gasteiger partial charge in [-0.05, 0) is 36.2 Å². The number of Topliss-reactive ketones (excluding diaryl/α,β-unsaturated/α-hetero) is 1. The van der Waals surface area contributed by atoms with Crippen LogP contribution in [0.25, 0.3) is 0 Å². The van der Waals surface area contributed by atoms with Gasteiger partial charge in [0.2, 0.25) is 0 Å². The lowest BCUT2D eigenvalue weighted by atomic mass is 9.96. The molecule has 0 spiro atoms. The van der Waals surface area contributed by atoms with Crippen molar-refractivity contribution in [1.82, 2.24) is 4.98 Å². The Kier molecular flexibility index (Phi) is 5.32. The molecule has 0 saturated heterocycles. The van der Waals surface area contributed by atoms with Gasteiger partial charge in [-0.25, -0.2) is 0 Å². The Morgan fingerprint density at radius 3 is 2.67 bits per heavy atom. The van der Waals surface area contributed by atoms with E-state index in [4.69, 9.17) is 23.2 Å². The van der Waals surface area contributed by atoms with Crippen molar-refractivity contribution < 1.29 is 4.79 Å². The molecule has 0 aliphatic heterocycles. The SMILES string of the molecule is N#CC(C(=O)CCc1ccc(Cl)c(Cl)c1)c1ccccn1. The van der Waals surface area contributed by atoms with Crippen molar-refractivity contribution in [3.8, 4) is 6.07 Å². The van der Waals surface area contributed by atoms with Gasteiger partial charge in [-0.15, -0.1) is 0 Å². The summed E-state index contributed by atoms with van der Waals surface area (Å²) in [7, 11) is 0. The molecule has 5 heteroatoms. The predicted octanol–water partition coefficient (Wildman–Crippen LogP) is 4.20. The third-order valence-electron chi connectivity index (χ3n) is 3.08. The van der Waals surface area contributed by atoms with Crippen LogP contribution in [0.1, 0.15) is 23.6 Å². The Bertz CT molecular complexity index is 680. The molecule has 3 nitrogen and oxygen atoms in total. The van der Waals surface area contributed by atoms with E-state index in [1.54, 1.807) is 36.5 Å². The second-order valence-corrected chi connectivity index (χ2v) is 5.35. The second-order valence-electron chi connectivity index (χ2n) is 4.53. The summed E-state index contributed by atoms with van der Waals surface area (Å²) in [4.78, 5) is 16.2. The number of carbonyl (C=O) groups is 1. The first kappa shape index (κ1) is 15.5. The third kappa shape index (κ3) is 4.04. The monoisotopic (exact) mass is 318 g/mol. The van der Waals surface area contributed by atoms with Crippen LogP contribution in [0.2, 0.25) is 10.0 Å². The van der Waals surface area contributed by atoms with Gasteiger partial charge in [0.1, 0.15) is 5.92 Å². The number of hydrogen-bond donors (Lipinski definition) is 0. The van der Waals surface area contributed by atoms with E-state index in [1.165, 1.54) is 0 Å². The number of carbonyl (C=O) groups excluding carboxylic acids is 1. The van der Waals surface area contributed by atoms with Crippen LogP contribution < -0.4 is 0 Å². The molecule has 2 rings (SSSR count). The van der Waals surface area contributed by atoms with Crippen molar-refractivity contribution in [3.05, 3.63) is 63.9 Å². The van der Waals surface area contributed by atoms with E-state index in [0.29, 0.717) is 22.2 Å². The minimum Gasteiger partial charge on any atom is -0.298 e. The van der Waals surface area contributed by atoms with Crippen LogP contribution in [0.4, 0.5) is 0 Å². The van der Waals surface area contributed by atoms with Crippen LogP contribution in [-0.2, 0) is 11.2 Å². The van der Waals surface area contributed by atoms with Gasteiger partial charge in [0, 0.05) is 12.6 Å². The Labute approximate surface area is 133 Å². The molecule has 1 unspecified atom stereocenters. The summed E-state index contributed by atoms with van der Waals surface area (Å²) in [5.41, 5.74) is 1.40. The Hall–Kier alpha value is -1.89. The maximum absolute atomic E-state index is 12.2. The Morgan fingerprint density at radius 1 is 1.24 bits per heavy atom. The zero-order chi connectivity index (χ0) is 15.2. The highest BCUT2D eigenvalue weighted by atomic mass is 35.5. The van der Waals surface area contributed by atoms with Gasteiger partial charge < -0.3 is 0 Å². The molecular weight excluding hydrogens is 307 g/mol. The molecule has 0 aliphatic carbocycles. The molecule has 2 aromatic rings. The fraction of sp³-hybridized carbons (Fsp3) is 0.188. The lowest BCUT2D eigenvalue weighted by Gasteiger charge is -2.08. The van der Waals surface area contributed by atoms with Crippen LogP contribution in [0, 0.1) is 11.3 Å². The number of aromatic nitrogens is 1. The number of aryl methyl sites for hydroxylation is 1. The van der Waals surface area contributed by atoms with Gasteiger partial charge in [-0.2, -0.15) is 5.26 Å². The summed E-state index contributed by atoms with van der Waals surface area (Å²) in [5, 5.41) is 10.1. The molecule has 1 atom stereocenters. The van der Waals surface area contributed by atoms with Crippen molar-refractivity contribution >= 4 is 29.0 Å². The highest BCUT2D eigenvalue weighted by Crippen LogP contribution is 2.24. The van der Waals surface area contributed by atoms with Crippen molar-refractivity contribution in [2.45, 2.75) is 18.8 Å². The largest absolute Gasteiger partial charge is 0.298 e. The second kappa shape index (κ2) is 7.21. The van der Waals surface area contributed by atoms with Crippen molar-refractivity contribution in [3.63, 3.8) is 0 Å². The number of ketones is 1. The van der Waals surface area contributed by atoms with Crippen molar-refractivity contribution in [1.29, 1.82) is 5.26 Å². The number of nitriles is 1. The number of nitrogens with zero attached hydrogens (tertiary/aromatic N) is 2. The molecule has 1 aromatic heterocycles. The normalized spacial score (nSPS) is 11.7. The molecule has 0 aliphatic rings. The van der Waals surface area contributed by atoms with Gasteiger partial charge in [0.05, 0.1) is 21.8 Å². The van der Waals surface area contributed by atoms with Crippen LogP contribution in [-0.4, -0.2) is 10.8 Å². The molecule has 0 N–H and O–H groups in total. The molecule has 0 bridgehead atoms. The summed E-state index contributed by atoms with van der Waals surface area (Å²) in [6, 6.07) is 12.5. The maximum atomic E-state index is 12.2. The van der Waals surface area contributed by atoms with Crippen LogP contribution in [0.5, 0.6) is 0 Å². The zero-order valence-electron chi connectivity index (χ0n) is 11.1. The molecule has 21 heavy (non-hydrogen) atoms. The van der Waals surface area contributed by atoms with Gasteiger partial charge in [-0.3, -0.25) is 9.78 Å². The van der Waals surface area contributed by atoms with E-state index in [0.717, 1.165) is 5.56 Å². The van der Waals surface area contributed by atoms with Crippen molar-refractivity contribution in [2.24, 2.45) is 0 Å². The smallest absolute Gasteiger partial charge is 0.156 e. The van der Waals surface area contributed by atoms with E-state index in [1.807, 2.05) is 12.1 Å². The quantitative estimate of drug-likeness (QED) is 0.830. The molecule has 0 radical (unpaired) electrons. The fourth-order valence-corrected chi connectivity index (χ4v) is 2.28. The summed E-state index contributed by atoms with van der Waals surface area (Å²) in [6.45, 7) is 0. The first-order valence-corrected chi connectivity index (χ1v) is 7.14. The number of pyridine rings is 1. The summed E-state index contributed by atoms with van der Waals surface area (Å²) in [6.07, 6.45) is 2.35.